The van der Waals surface area contributed by atoms with E-state index in [0.29, 0.717) is 28.9 Å². The molecule has 0 aliphatic carbocycles. The Kier molecular flexibility index (Phi) is 11.8. The molecule has 0 saturated heterocycles. The fraction of sp³-hybridized carbons (Fsp3) is 0.310. The Morgan fingerprint density at radius 3 is 2.14 bits per heavy atom. The fourth-order valence-electron chi connectivity index (χ4n) is 4.25. The smallest absolute Gasteiger partial charge is 0.354 e. The summed E-state index contributed by atoms with van der Waals surface area (Å²) in [5.74, 6) is -1.31. The maximum Gasteiger partial charge on any atom is 0.417 e. The van der Waals surface area contributed by atoms with E-state index in [0.717, 1.165) is 12.1 Å². The van der Waals surface area contributed by atoms with Crippen LogP contribution in [0.25, 0.3) is 0 Å². The molecule has 0 aliphatic rings. The van der Waals surface area contributed by atoms with Gasteiger partial charge in [0.2, 0.25) is 11.8 Å². The number of carbonyl (C=O) groups excluding carboxylic acids is 2. The molecule has 232 valence electrons. The fourth-order valence-corrected chi connectivity index (χ4v) is 6.23. The molecule has 7 nitrogen and oxygen atoms in total. The summed E-state index contributed by atoms with van der Waals surface area (Å²) in [4.78, 5) is 28.1. The van der Waals surface area contributed by atoms with E-state index < -0.39 is 56.9 Å². The van der Waals surface area contributed by atoms with Crippen LogP contribution in [0.15, 0.2) is 71.6 Å². The van der Waals surface area contributed by atoms with Gasteiger partial charge in [0.1, 0.15) is 12.6 Å². The monoisotopic (exact) mass is 677 g/mol. The van der Waals surface area contributed by atoms with Crippen molar-refractivity contribution in [2.45, 2.75) is 50.3 Å². The third-order valence-corrected chi connectivity index (χ3v) is 9.28. The van der Waals surface area contributed by atoms with Crippen LogP contribution in [0, 0.1) is 0 Å². The Labute approximate surface area is 263 Å². The standard InChI is InChI=1S/C29H29Cl3F3N3O4S/c1-3-14-36-28(40)26(4-2)37(17-19-10-12-24(31)25(32)15-19)27(39)18-38(43(41,42)21-8-6-5-7-9-21)20-11-13-23(30)22(16-20)29(33,34)35/h5-13,15-16,26H,3-4,14,17-18H2,1-2H3,(H,36,40). The zero-order chi connectivity index (χ0) is 31.9. The molecule has 0 bridgehead atoms. The largest absolute Gasteiger partial charge is 0.417 e. The number of halogens is 6. The predicted molar refractivity (Wildman–Crippen MR) is 162 cm³/mol. The number of rotatable bonds is 12. The van der Waals surface area contributed by atoms with Gasteiger partial charge in [0.25, 0.3) is 10.0 Å². The molecule has 0 saturated carbocycles. The Hall–Kier alpha value is -2.99. The SMILES string of the molecule is CCCNC(=O)C(CC)N(Cc1ccc(Cl)c(Cl)c1)C(=O)CN(c1ccc(Cl)c(C(F)(F)F)c1)S(=O)(=O)c1ccccc1. The number of sulfonamides is 1. The summed E-state index contributed by atoms with van der Waals surface area (Å²) in [5, 5.41) is 2.57. The molecule has 3 aromatic carbocycles. The van der Waals surface area contributed by atoms with Crippen molar-refractivity contribution in [3.8, 4) is 0 Å². The molecule has 3 rings (SSSR count). The maximum atomic E-state index is 14.0. The predicted octanol–water partition coefficient (Wildman–Crippen LogP) is 7.19. The lowest BCUT2D eigenvalue weighted by Crippen LogP contribution is -2.52. The van der Waals surface area contributed by atoms with Gasteiger partial charge in [0.05, 0.1) is 31.2 Å². The highest BCUT2D eigenvalue weighted by Crippen LogP contribution is 2.38. The van der Waals surface area contributed by atoms with Crippen LogP contribution in [-0.2, 0) is 32.3 Å². The summed E-state index contributed by atoms with van der Waals surface area (Å²) >= 11 is 18.0. The van der Waals surface area contributed by atoms with Crippen molar-refractivity contribution in [1.82, 2.24) is 10.2 Å². The van der Waals surface area contributed by atoms with Crippen molar-refractivity contribution in [1.29, 1.82) is 0 Å². The third-order valence-electron chi connectivity index (χ3n) is 6.43. The van der Waals surface area contributed by atoms with Crippen LogP contribution in [0.3, 0.4) is 0 Å². The number of nitrogens with zero attached hydrogens (tertiary/aromatic N) is 2. The average Bonchev–Trinajstić information content (AvgIpc) is 2.96. The van der Waals surface area contributed by atoms with Gasteiger partial charge in [0.15, 0.2) is 0 Å². The van der Waals surface area contributed by atoms with Crippen LogP contribution in [-0.4, -0.2) is 44.3 Å². The average molecular weight is 679 g/mol. The first-order valence-corrected chi connectivity index (χ1v) is 15.7. The number of alkyl halides is 3. The van der Waals surface area contributed by atoms with Crippen molar-refractivity contribution >= 4 is 62.3 Å². The van der Waals surface area contributed by atoms with Gasteiger partial charge in [-0.3, -0.25) is 13.9 Å². The van der Waals surface area contributed by atoms with Crippen molar-refractivity contribution in [3.63, 3.8) is 0 Å². The van der Waals surface area contributed by atoms with Crippen molar-refractivity contribution in [2.75, 3.05) is 17.4 Å². The first kappa shape index (κ1) is 34.5. The zero-order valence-corrected chi connectivity index (χ0v) is 26.3. The second kappa shape index (κ2) is 14.7. The lowest BCUT2D eigenvalue weighted by Gasteiger charge is -2.33. The highest BCUT2D eigenvalue weighted by molar-refractivity contribution is 7.92. The van der Waals surface area contributed by atoms with Gasteiger partial charge in [-0.05, 0) is 60.9 Å². The molecule has 2 amide bonds. The van der Waals surface area contributed by atoms with Gasteiger partial charge in [-0.1, -0.05) is 72.9 Å². The van der Waals surface area contributed by atoms with Gasteiger partial charge in [-0.2, -0.15) is 13.2 Å². The van der Waals surface area contributed by atoms with E-state index in [1.807, 2.05) is 6.92 Å². The number of carbonyl (C=O) groups is 2. The molecule has 0 heterocycles. The number of benzene rings is 3. The second-order valence-electron chi connectivity index (χ2n) is 9.47. The zero-order valence-electron chi connectivity index (χ0n) is 23.2. The molecule has 1 unspecified atom stereocenters. The molecule has 0 aliphatic heterocycles. The maximum absolute atomic E-state index is 14.0. The van der Waals surface area contributed by atoms with Crippen LogP contribution >= 0.6 is 34.8 Å². The van der Waals surface area contributed by atoms with E-state index in [2.05, 4.69) is 5.32 Å². The minimum Gasteiger partial charge on any atom is -0.354 e. The first-order valence-electron chi connectivity index (χ1n) is 13.2. The van der Waals surface area contributed by atoms with E-state index >= 15 is 0 Å². The summed E-state index contributed by atoms with van der Waals surface area (Å²) in [7, 11) is -4.57. The molecule has 43 heavy (non-hydrogen) atoms. The minimum absolute atomic E-state index is 0.160. The van der Waals surface area contributed by atoms with Gasteiger partial charge in [-0.15, -0.1) is 0 Å². The van der Waals surface area contributed by atoms with Crippen molar-refractivity contribution in [3.05, 3.63) is 92.9 Å². The summed E-state index contributed by atoms with van der Waals surface area (Å²) in [6, 6.07) is 13.1. The van der Waals surface area contributed by atoms with Gasteiger partial charge < -0.3 is 10.2 Å². The molecule has 14 heteroatoms. The Morgan fingerprint density at radius 2 is 1.56 bits per heavy atom. The molecule has 0 spiro atoms. The van der Waals surface area contributed by atoms with Crippen molar-refractivity contribution in [2.24, 2.45) is 0 Å². The molecular formula is C29H29Cl3F3N3O4S. The summed E-state index contributed by atoms with van der Waals surface area (Å²) < 4.78 is 69.5. The molecule has 3 aromatic rings. The minimum atomic E-state index is -4.90. The Morgan fingerprint density at radius 1 is 0.907 bits per heavy atom. The van der Waals surface area contributed by atoms with Crippen LogP contribution < -0.4 is 9.62 Å². The highest BCUT2D eigenvalue weighted by Gasteiger charge is 2.37. The molecule has 1 atom stereocenters. The molecule has 1 N–H and O–H groups in total. The number of hydrogen-bond acceptors (Lipinski definition) is 4. The number of hydrogen-bond donors (Lipinski definition) is 1. The normalized spacial score (nSPS) is 12.5. The van der Waals surface area contributed by atoms with Gasteiger partial charge in [-0.25, -0.2) is 8.42 Å². The van der Waals surface area contributed by atoms with E-state index in [9.17, 15) is 31.2 Å². The number of nitrogens with one attached hydrogen (secondary N) is 1. The number of amides is 2. The van der Waals surface area contributed by atoms with Crippen molar-refractivity contribution < 1.29 is 31.2 Å². The van der Waals surface area contributed by atoms with E-state index in [4.69, 9.17) is 34.8 Å². The van der Waals surface area contributed by atoms with E-state index in [1.165, 1.54) is 41.3 Å². The van der Waals surface area contributed by atoms with Crippen LogP contribution in [0.4, 0.5) is 18.9 Å². The lowest BCUT2D eigenvalue weighted by molar-refractivity contribution is -0.140. The van der Waals surface area contributed by atoms with E-state index in [1.54, 1.807) is 19.1 Å². The second-order valence-corrected chi connectivity index (χ2v) is 12.6. The van der Waals surface area contributed by atoms with Crippen LogP contribution in [0.5, 0.6) is 0 Å². The Bertz CT molecular complexity index is 1560. The third kappa shape index (κ3) is 8.56. The topological polar surface area (TPSA) is 86.8 Å². The molecule has 0 fully saturated rings. The summed E-state index contributed by atoms with van der Waals surface area (Å²) in [5.41, 5.74) is -1.22. The summed E-state index contributed by atoms with van der Waals surface area (Å²) in [6.07, 6.45) is -4.11. The van der Waals surface area contributed by atoms with Gasteiger partial charge in [0, 0.05) is 13.1 Å². The van der Waals surface area contributed by atoms with E-state index in [-0.39, 0.29) is 27.9 Å². The van der Waals surface area contributed by atoms with Crippen LogP contribution in [0.1, 0.15) is 37.8 Å². The lowest BCUT2D eigenvalue weighted by atomic mass is 10.1. The molecular weight excluding hydrogens is 650 g/mol. The molecule has 0 aromatic heterocycles. The number of anilines is 1. The van der Waals surface area contributed by atoms with Gasteiger partial charge >= 0.3 is 6.18 Å². The quantitative estimate of drug-likeness (QED) is 0.220. The Balaban J connectivity index is 2.14. The molecule has 0 radical (unpaired) electrons. The van der Waals surface area contributed by atoms with Crippen LogP contribution in [0.2, 0.25) is 15.1 Å². The highest BCUT2D eigenvalue weighted by atomic mass is 35.5. The summed E-state index contributed by atoms with van der Waals surface area (Å²) in [6.45, 7) is 2.78. The first-order chi connectivity index (χ1) is 20.2.